The highest BCUT2D eigenvalue weighted by atomic mass is 35.5. The van der Waals surface area contributed by atoms with Gasteiger partial charge in [-0.05, 0) is 72.9 Å². The number of hydrogen-bond donors (Lipinski definition) is 1. The largest absolute Gasteiger partial charge is 0.348 e. The molecule has 182 valence electrons. The summed E-state index contributed by atoms with van der Waals surface area (Å²) in [7, 11) is 0. The predicted molar refractivity (Wildman–Crippen MR) is 143 cm³/mol. The van der Waals surface area contributed by atoms with Gasteiger partial charge in [0.1, 0.15) is 5.71 Å². The third-order valence-electron chi connectivity index (χ3n) is 7.27. The van der Waals surface area contributed by atoms with Crippen LogP contribution in [0.4, 0.5) is 5.69 Å². The van der Waals surface area contributed by atoms with E-state index in [1.807, 2.05) is 42.3 Å². The first-order valence-electron chi connectivity index (χ1n) is 11.9. The summed E-state index contributed by atoms with van der Waals surface area (Å²) in [5.41, 5.74) is 2.55. The number of carbonyl (C=O) groups excluding carboxylic acids is 1. The maximum atomic E-state index is 13.4. The van der Waals surface area contributed by atoms with Crippen molar-refractivity contribution in [2.24, 2.45) is 22.4 Å². The highest BCUT2D eigenvalue weighted by molar-refractivity contribution is 6.41. The number of halogens is 3. The molecule has 2 aliphatic rings. The molecule has 0 saturated heterocycles. The zero-order chi connectivity index (χ0) is 24.6. The zero-order valence-corrected chi connectivity index (χ0v) is 22.4. The number of benzene rings is 2. The Hall–Kier alpha value is -1.75. The van der Waals surface area contributed by atoms with Crippen molar-refractivity contribution in [1.82, 2.24) is 5.32 Å². The fraction of sp³-hybridized carbons (Fsp3) is 0.481. The van der Waals surface area contributed by atoms with E-state index in [1.165, 1.54) is 0 Å². The van der Waals surface area contributed by atoms with Gasteiger partial charge in [0.05, 0.1) is 16.8 Å². The van der Waals surface area contributed by atoms with E-state index in [0.717, 1.165) is 31.2 Å². The Balaban J connectivity index is 1.58. The summed E-state index contributed by atoms with van der Waals surface area (Å²) < 4.78 is 0. The van der Waals surface area contributed by atoms with Gasteiger partial charge in [0, 0.05) is 22.0 Å². The fourth-order valence-corrected chi connectivity index (χ4v) is 5.83. The molecule has 1 heterocycles. The lowest BCUT2D eigenvalue weighted by molar-refractivity contribution is -0.116. The maximum Gasteiger partial charge on any atom is 0.268 e. The van der Waals surface area contributed by atoms with E-state index in [-0.39, 0.29) is 23.9 Å². The summed E-state index contributed by atoms with van der Waals surface area (Å²) in [5, 5.41) is 11.6. The molecule has 1 aliphatic carbocycles. The van der Waals surface area contributed by atoms with Gasteiger partial charge in [-0.25, -0.2) is 0 Å². The highest BCUT2D eigenvalue weighted by Crippen LogP contribution is 2.43. The number of hydrogen-bond acceptors (Lipinski definition) is 3. The molecule has 7 heteroatoms. The molecule has 34 heavy (non-hydrogen) atoms. The van der Waals surface area contributed by atoms with Crippen molar-refractivity contribution in [3.05, 3.63) is 63.1 Å². The monoisotopic (exact) mass is 519 g/mol. The molecule has 4 rings (SSSR count). The Kier molecular flexibility index (Phi) is 7.52. The Morgan fingerprint density at radius 3 is 2.18 bits per heavy atom. The van der Waals surface area contributed by atoms with Gasteiger partial charge in [0.15, 0.2) is 0 Å². The lowest BCUT2D eigenvalue weighted by atomic mass is 9.71. The third-order valence-corrected chi connectivity index (χ3v) is 8.06. The molecule has 0 spiro atoms. The molecule has 1 amide bonds. The number of carbonyl (C=O) groups is 1. The van der Waals surface area contributed by atoms with Crippen molar-refractivity contribution in [3.8, 4) is 0 Å². The van der Waals surface area contributed by atoms with Crippen molar-refractivity contribution in [2.45, 2.75) is 65.5 Å². The van der Waals surface area contributed by atoms with Gasteiger partial charge in [-0.2, -0.15) is 5.10 Å². The van der Waals surface area contributed by atoms with Crippen molar-refractivity contribution in [2.75, 3.05) is 5.01 Å². The van der Waals surface area contributed by atoms with Gasteiger partial charge < -0.3 is 5.32 Å². The van der Waals surface area contributed by atoms with Crippen LogP contribution in [0.25, 0.3) is 0 Å². The van der Waals surface area contributed by atoms with Crippen LogP contribution in [0, 0.1) is 17.3 Å². The summed E-state index contributed by atoms with van der Waals surface area (Å²) in [5.74, 6) is 0.456. The number of anilines is 1. The Bertz CT molecular complexity index is 1070. The van der Waals surface area contributed by atoms with Gasteiger partial charge in [-0.3, -0.25) is 9.80 Å². The second-order valence-electron chi connectivity index (χ2n) is 10.6. The van der Waals surface area contributed by atoms with E-state index >= 15 is 0 Å². The van der Waals surface area contributed by atoms with E-state index in [4.69, 9.17) is 39.9 Å². The van der Waals surface area contributed by atoms with Crippen LogP contribution >= 0.6 is 34.8 Å². The molecule has 1 saturated carbocycles. The maximum absolute atomic E-state index is 13.4. The van der Waals surface area contributed by atoms with Crippen LogP contribution in [0.3, 0.4) is 0 Å². The topological polar surface area (TPSA) is 44.7 Å². The second kappa shape index (κ2) is 10.1. The normalized spacial score (nSPS) is 25.3. The molecule has 1 fully saturated rings. The molecule has 1 N–H and O–H groups in total. The minimum atomic E-state index is -0.187. The van der Waals surface area contributed by atoms with Crippen LogP contribution in [-0.2, 0) is 4.79 Å². The molecule has 0 unspecified atom stereocenters. The first kappa shape index (κ1) is 25.3. The average Bonchev–Trinajstić information content (AvgIpc) is 3.11. The molecule has 2 aromatic carbocycles. The van der Waals surface area contributed by atoms with Crippen molar-refractivity contribution in [1.29, 1.82) is 0 Å². The molecule has 0 aromatic heterocycles. The van der Waals surface area contributed by atoms with Crippen molar-refractivity contribution in [3.63, 3.8) is 0 Å². The lowest BCUT2D eigenvalue weighted by Gasteiger charge is -2.37. The Morgan fingerprint density at radius 1 is 0.971 bits per heavy atom. The van der Waals surface area contributed by atoms with Crippen LogP contribution in [0.15, 0.2) is 47.6 Å². The highest BCUT2D eigenvalue weighted by Gasteiger charge is 2.41. The van der Waals surface area contributed by atoms with Crippen molar-refractivity contribution < 1.29 is 4.79 Å². The molecular formula is C27H32Cl3N3O. The fourth-order valence-electron chi connectivity index (χ4n) is 5.21. The Labute approximate surface area is 217 Å². The Morgan fingerprint density at radius 2 is 1.59 bits per heavy atom. The number of nitrogens with zero attached hydrogens (tertiary/aromatic N) is 2. The molecular weight excluding hydrogens is 489 g/mol. The van der Waals surface area contributed by atoms with Gasteiger partial charge in [0.2, 0.25) is 0 Å². The van der Waals surface area contributed by atoms with Crippen LogP contribution in [0.1, 0.15) is 65.0 Å². The molecule has 2 aromatic rings. The zero-order valence-electron chi connectivity index (χ0n) is 20.1. The molecule has 1 aliphatic heterocycles. The smallest absolute Gasteiger partial charge is 0.268 e. The van der Waals surface area contributed by atoms with E-state index in [9.17, 15) is 4.79 Å². The molecule has 2 atom stereocenters. The number of rotatable bonds is 4. The van der Waals surface area contributed by atoms with E-state index in [0.29, 0.717) is 37.8 Å². The molecule has 4 nitrogen and oxygen atoms in total. The first-order valence-corrected chi connectivity index (χ1v) is 13.1. The van der Waals surface area contributed by atoms with Crippen molar-refractivity contribution >= 4 is 52.1 Å². The molecule has 0 radical (unpaired) electrons. The van der Waals surface area contributed by atoms with Crippen LogP contribution in [0.2, 0.25) is 15.1 Å². The standard InChI is InChI=1S/C27H32Cl3N3O/c1-16-24(26(34)31-21-12-7-18(8-13-21)27(2,3)4)32-33(23-14-11-20(29)15-22(23)30)25(16)17-5-9-19(28)10-6-17/h5-6,9-11,14-16,18,21,25H,7-8,12-13H2,1-4H3,(H,31,34)/t16-,18?,21?,25+/m0/s1. The van der Waals surface area contributed by atoms with E-state index < -0.39 is 0 Å². The number of nitrogens with one attached hydrogen (secondary N) is 1. The molecule has 0 bridgehead atoms. The van der Waals surface area contributed by atoms with Crippen LogP contribution in [-0.4, -0.2) is 17.7 Å². The predicted octanol–water partition coefficient (Wildman–Crippen LogP) is 7.92. The van der Waals surface area contributed by atoms with Crippen LogP contribution < -0.4 is 10.3 Å². The summed E-state index contributed by atoms with van der Waals surface area (Å²) in [6.45, 7) is 8.95. The van der Waals surface area contributed by atoms with Gasteiger partial charge in [-0.1, -0.05) is 74.6 Å². The summed E-state index contributed by atoms with van der Waals surface area (Å²) in [4.78, 5) is 13.4. The minimum absolute atomic E-state index is 0.0988. The summed E-state index contributed by atoms with van der Waals surface area (Å²) in [6.07, 6.45) is 4.28. The number of amides is 1. The third kappa shape index (κ3) is 5.40. The minimum Gasteiger partial charge on any atom is -0.348 e. The van der Waals surface area contributed by atoms with Gasteiger partial charge in [0.25, 0.3) is 5.91 Å². The second-order valence-corrected chi connectivity index (χ2v) is 11.9. The lowest BCUT2D eigenvalue weighted by Crippen LogP contribution is -2.43. The SMILES string of the molecule is C[C@H]1C(C(=O)NC2CCC(C(C)(C)C)CC2)=NN(c2ccc(Cl)cc2Cl)[C@H]1c1ccc(Cl)cc1. The first-order chi connectivity index (χ1) is 16.0. The van der Waals surface area contributed by atoms with Gasteiger partial charge >= 0.3 is 0 Å². The van der Waals surface area contributed by atoms with Crippen LogP contribution in [0.5, 0.6) is 0 Å². The van der Waals surface area contributed by atoms with E-state index in [1.54, 1.807) is 12.1 Å². The summed E-state index contributed by atoms with van der Waals surface area (Å²) in [6, 6.07) is 13.0. The summed E-state index contributed by atoms with van der Waals surface area (Å²) >= 11 is 18.8. The van der Waals surface area contributed by atoms with E-state index in [2.05, 4.69) is 26.1 Å². The average molecular weight is 521 g/mol. The number of hydrazone groups is 1. The quantitative estimate of drug-likeness (QED) is 0.445. The van der Waals surface area contributed by atoms with Gasteiger partial charge in [-0.15, -0.1) is 0 Å².